The lowest BCUT2D eigenvalue weighted by Crippen LogP contribution is -1.98. The number of hydrogen-bond donors (Lipinski definition) is 0. The van der Waals surface area contributed by atoms with Crippen LogP contribution < -0.4 is 0 Å². The molecule has 0 unspecified atom stereocenters. The Morgan fingerprint density at radius 3 is 3.00 bits per heavy atom. The maximum Gasteiger partial charge on any atom is 0.203 e. The summed E-state index contributed by atoms with van der Waals surface area (Å²) in [6, 6.07) is 0. The molecule has 1 heterocycles. The average Bonchev–Trinajstić information content (AvgIpc) is 2.37. The van der Waals surface area contributed by atoms with Crippen LogP contribution in [0.3, 0.4) is 0 Å². The van der Waals surface area contributed by atoms with E-state index in [2.05, 4.69) is 9.36 Å². The topological polar surface area (TPSA) is 35.0 Å². The number of ether oxygens (including phenoxy) is 1. The molecule has 0 aliphatic rings. The summed E-state index contributed by atoms with van der Waals surface area (Å²) < 4.78 is 9.63. The van der Waals surface area contributed by atoms with Crippen LogP contribution in [-0.2, 0) is 11.2 Å². The van der Waals surface area contributed by atoms with E-state index < -0.39 is 0 Å². The van der Waals surface area contributed by atoms with Gasteiger partial charge in [-0.3, -0.25) is 0 Å². The summed E-state index contributed by atoms with van der Waals surface area (Å²) in [4.78, 5) is 3.98. The molecule has 5 heteroatoms. The molecule has 0 bridgehead atoms. The summed E-state index contributed by atoms with van der Waals surface area (Å²) in [5.74, 6) is 0.772. The van der Waals surface area contributed by atoms with Gasteiger partial charge in [-0.25, -0.2) is 4.98 Å². The normalized spacial score (nSPS) is 10.4. The van der Waals surface area contributed by atoms with Gasteiger partial charge in [0.05, 0.1) is 6.61 Å². The fraction of sp³-hybridized carbons (Fsp3) is 0.667. The van der Waals surface area contributed by atoms with Gasteiger partial charge in [-0.2, -0.15) is 4.37 Å². The van der Waals surface area contributed by atoms with Gasteiger partial charge in [-0.1, -0.05) is 0 Å². The Morgan fingerprint density at radius 2 is 2.45 bits per heavy atom. The monoisotopic (exact) mass is 192 g/mol. The van der Waals surface area contributed by atoms with Gasteiger partial charge in [0.2, 0.25) is 4.47 Å². The zero-order valence-electron chi connectivity index (χ0n) is 6.21. The number of nitrogens with zero attached hydrogens (tertiary/aromatic N) is 2. The Kier molecular flexibility index (Phi) is 3.76. The van der Waals surface area contributed by atoms with Crippen molar-refractivity contribution in [3.63, 3.8) is 0 Å². The largest absolute Gasteiger partial charge is 0.381 e. The minimum Gasteiger partial charge on any atom is -0.381 e. The minimum atomic E-state index is 0.497. The van der Waals surface area contributed by atoms with Crippen molar-refractivity contribution in [1.29, 1.82) is 0 Å². The molecule has 1 rings (SSSR count). The molecule has 3 nitrogen and oxygen atoms in total. The highest BCUT2D eigenvalue weighted by atomic mass is 35.5. The van der Waals surface area contributed by atoms with Gasteiger partial charge in [-0.05, 0) is 30.1 Å². The zero-order chi connectivity index (χ0) is 8.10. The highest BCUT2D eigenvalue weighted by molar-refractivity contribution is 7.10. The fourth-order valence-corrected chi connectivity index (χ4v) is 1.30. The molecule has 0 radical (unpaired) electrons. The van der Waals surface area contributed by atoms with Gasteiger partial charge in [0.25, 0.3) is 0 Å². The Labute approximate surface area is 74.5 Å². The van der Waals surface area contributed by atoms with Gasteiger partial charge < -0.3 is 4.74 Å². The van der Waals surface area contributed by atoms with Gasteiger partial charge in [0.1, 0.15) is 5.82 Å². The van der Waals surface area contributed by atoms with Crippen LogP contribution in [0.1, 0.15) is 12.7 Å². The molecule has 1 aromatic rings. The molecule has 0 fully saturated rings. The van der Waals surface area contributed by atoms with E-state index in [9.17, 15) is 0 Å². The third-order valence-electron chi connectivity index (χ3n) is 1.12. The molecule has 11 heavy (non-hydrogen) atoms. The van der Waals surface area contributed by atoms with Crippen LogP contribution in [0.25, 0.3) is 0 Å². The van der Waals surface area contributed by atoms with Crippen LogP contribution in [-0.4, -0.2) is 22.6 Å². The van der Waals surface area contributed by atoms with E-state index in [1.807, 2.05) is 6.92 Å². The third-order valence-corrected chi connectivity index (χ3v) is 1.95. The zero-order valence-corrected chi connectivity index (χ0v) is 7.78. The number of rotatable bonds is 4. The molecule has 0 aliphatic heterocycles. The van der Waals surface area contributed by atoms with Crippen LogP contribution in [0, 0.1) is 0 Å². The SMILES string of the molecule is CCOCCc1nsc(Cl)n1. The van der Waals surface area contributed by atoms with Crippen molar-refractivity contribution in [2.24, 2.45) is 0 Å². The molecule has 0 spiro atoms. The smallest absolute Gasteiger partial charge is 0.203 e. The van der Waals surface area contributed by atoms with Gasteiger partial charge in [0.15, 0.2) is 0 Å². The van der Waals surface area contributed by atoms with Crippen LogP contribution in [0.4, 0.5) is 0 Å². The predicted octanol–water partition coefficient (Wildman–Crippen LogP) is 1.77. The van der Waals surface area contributed by atoms with E-state index in [4.69, 9.17) is 16.3 Å². The van der Waals surface area contributed by atoms with E-state index in [-0.39, 0.29) is 0 Å². The summed E-state index contributed by atoms with van der Waals surface area (Å²) in [5.41, 5.74) is 0. The summed E-state index contributed by atoms with van der Waals surface area (Å²) >= 11 is 6.79. The summed E-state index contributed by atoms with van der Waals surface area (Å²) in [7, 11) is 0. The van der Waals surface area contributed by atoms with Crippen molar-refractivity contribution in [2.75, 3.05) is 13.2 Å². The van der Waals surface area contributed by atoms with Crippen molar-refractivity contribution in [1.82, 2.24) is 9.36 Å². The molecule has 0 saturated carbocycles. The molecule has 0 atom stereocenters. The first-order valence-corrected chi connectivity index (χ1v) is 4.54. The summed E-state index contributed by atoms with van der Waals surface area (Å²) in [5, 5.41) is 0. The maximum atomic E-state index is 5.58. The lowest BCUT2D eigenvalue weighted by molar-refractivity contribution is 0.149. The van der Waals surface area contributed by atoms with E-state index in [0.29, 0.717) is 11.1 Å². The first kappa shape index (κ1) is 8.90. The second-order valence-corrected chi connectivity index (χ2v) is 3.24. The lowest BCUT2D eigenvalue weighted by atomic mass is 10.4. The standard InChI is InChI=1S/C6H9ClN2OS/c1-2-10-4-3-5-8-6(7)11-9-5/h2-4H2,1H3. The Balaban J connectivity index is 2.27. The van der Waals surface area contributed by atoms with Gasteiger partial charge in [-0.15, -0.1) is 0 Å². The minimum absolute atomic E-state index is 0.497. The van der Waals surface area contributed by atoms with E-state index in [1.165, 1.54) is 11.5 Å². The molecule has 0 N–H and O–H groups in total. The lowest BCUT2D eigenvalue weighted by Gasteiger charge is -1.95. The molecule has 0 aliphatic carbocycles. The quantitative estimate of drug-likeness (QED) is 0.683. The van der Waals surface area contributed by atoms with Crippen LogP contribution in [0.5, 0.6) is 0 Å². The van der Waals surface area contributed by atoms with E-state index in [0.717, 1.165) is 18.9 Å². The van der Waals surface area contributed by atoms with Crippen molar-refractivity contribution in [2.45, 2.75) is 13.3 Å². The Bertz CT molecular complexity index is 216. The molecule has 0 amide bonds. The molecular formula is C6H9ClN2OS. The second-order valence-electron chi connectivity index (χ2n) is 1.91. The third kappa shape index (κ3) is 3.14. The van der Waals surface area contributed by atoms with Crippen molar-refractivity contribution in [3.8, 4) is 0 Å². The van der Waals surface area contributed by atoms with Gasteiger partial charge >= 0.3 is 0 Å². The first-order chi connectivity index (χ1) is 5.33. The predicted molar refractivity (Wildman–Crippen MR) is 45.1 cm³/mol. The number of aromatic nitrogens is 2. The van der Waals surface area contributed by atoms with Crippen molar-refractivity contribution >= 4 is 23.1 Å². The van der Waals surface area contributed by atoms with Crippen LogP contribution in [0.2, 0.25) is 4.47 Å². The molecule has 1 aromatic heterocycles. The van der Waals surface area contributed by atoms with Gasteiger partial charge in [0, 0.05) is 13.0 Å². The molecule has 0 aromatic carbocycles. The summed E-state index contributed by atoms with van der Waals surface area (Å²) in [6.07, 6.45) is 0.747. The van der Waals surface area contributed by atoms with Crippen molar-refractivity contribution in [3.05, 3.63) is 10.3 Å². The summed E-state index contributed by atoms with van der Waals surface area (Å²) in [6.45, 7) is 3.36. The molecular weight excluding hydrogens is 184 g/mol. The maximum absolute atomic E-state index is 5.58. The number of hydrogen-bond acceptors (Lipinski definition) is 4. The highest BCUT2D eigenvalue weighted by Gasteiger charge is 1.99. The van der Waals surface area contributed by atoms with Crippen LogP contribution in [0.15, 0.2) is 0 Å². The van der Waals surface area contributed by atoms with E-state index >= 15 is 0 Å². The number of halogens is 1. The van der Waals surface area contributed by atoms with Crippen LogP contribution >= 0.6 is 23.1 Å². The van der Waals surface area contributed by atoms with Crippen molar-refractivity contribution < 1.29 is 4.74 Å². The Morgan fingerprint density at radius 1 is 1.64 bits per heavy atom. The second kappa shape index (κ2) is 4.64. The highest BCUT2D eigenvalue weighted by Crippen LogP contribution is 2.10. The molecule has 62 valence electrons. The Hall–Kier alpha value is -0.190. The first-order valence-electron chi connectivity index (χ1n) is 3.38. The van der Waals surface area contributed by atoms with E-state index in [1.54, 1.807) is 0 Å². The molecule has 0 saturated heterocycles. The fourth-order valence-electron chi connectivity index (χ4n) is 0.642. The average molecular weight is 193 g/mol.